The van der Waals surface area contributed by atoms with Crippen molar-refractivity contribution in [3.63, 3.8) is 0 Å². The molecular formula is C8H7IN2O. The molecule has 3 nitrogen and oxygen atoms in total. The SMILES string of the molecule is NCc1cccc2oc(I)nc12. The summed E-state index contributed by atoms with van der Waals surface area (Å²) in [4.78, 5) is 4.22. The molecule has 2 aromatic rings. The first kappa shape index (κ1) is 8.00. The molecule has 0 bridgehead atoms. The van der Waals surface area contributed by atoms with Crippen molar-refractivity contribution in [1.29, 1.82) is 0 Å². The van der Waals surface area contributed by atoms with Crippen LogP contribution in [0, 0.1) is 3.90 Å². The number of hydrogen-bond donors (Lipinski definition) is 1. The average Bonchev–Trinajstić information content (AvgIpc) is 2.44. The molecule has 4 heteroatoms. The Balaban J connectivity index is 2.78. The molecule has 0 aliphatic rings. The van der Waals surface area contributed by atoms with E-state index in [0.29, 0.717) is 10.4 Å². The second-order valence-electron chi connectivity index (χ2n) is 2.43. The van der Waals surface area contributed by atoms with Crippen molar-refractivity contribution in [2.24, 2.45) is 5.73 Å². The quantitative estimate of drug-likeness (QED) is 0.808. The van der Waals surface area contributed by atoms with Gasteiger partial charge in [0.25, 0.3) is 3.90 Å². The van der Waals surface area contributed by atoms with E-state index in [0.717, 1.165) is 16.7 Å². The second-order valence-corrected chi connectivity index (χ2v) is 3.36. The maximum atomic E-state index is 5.54. The number of aromatic nitrogens is 1. The van der Waals surface area contributed by atoms with Crippen molar-refractivity contribution in [3.8, 4) is 0 Å². The van der Waals surface area contributed by atoms with Crippen LogP contribution in [0.2, 0.25) is 0 Å². The van der Waals surface area contributed by atoms with Crippen molar-refractivity contribution < 1.29 is 4.42 Å². The van der Waals surface area contributed by atoms with Gasteiger partial charge in [0.15, 0.2) is 5.58 Å². The van der Waals surface area contributed by atoms with E-state index in [1.54, 1.807) is 0 Å². The molecule has 1 aromatic heterocycles. The topological polar surface area (TPSA) is 52.0 Å². The molecule has 0 aliphatic carbocycles. The van der Waals surface area contributed by atoms with Gasteiger partial charge in [-0.15, -0.1) is 0 Å². The molecule has 2 N–H and O–H groups in total. The van der Waals surface area contributed by atoms with E-state index in [1.165, 1.54) is 0 Å². The van der Waals surface area contributed by atoms with E-state index < -0.39 is 0 Å². The number of rotatable bonds is 1. The van der Waals surface area contributed by atoms with Gasteiger partial charge < -0.3 is 10.2 Å². The molecule has 62 valence electrons. The molecule has 0 saturated heterocycles. The van der Waals surface area contributed by atoms with E-state index in [-0.39, 0.29) is 0 Å². The molecule has 0 atom stereocenters. The molecule has 0 fully saturated rings. The van der Waals surface area contributed by atoms with Crippen LogP contribution in [0.5, 0.6) is 0 Å². The Kier molecular flexibility index (Phi) is 2.02. The Labute approximate surface area is 83.1 Å². The number of para-hydroxylation sites is 1. The molecule has 0 saturated carbocycles. The predicted octanol–water partition coefficient (Wildman–Crippen LogP) is 1.89. The minimum absolute atomic E-state index is 0.500. The van der Waals surface area contributed by atoms with Crippen molar-refractivity contribution in [2.75, 3.05) is 0 Å². The molecular weight excluding hydrogens is 267 g/mol. The lowest BCUT2D eigenvalue weighted by molar-refractivity contribution is 0.566. The molecule has 12 heavy (non-hydrogen) atoms. The summed E-state index contributed by atoms with van der Waals surface area (Å²) in [6.45, 7) is 0.500. The summed E-state index contributed by atoms with van der Waals surface area (Å²) in [5.41, 5.74) is 8.25. The van der Waals surface area contributed by atoms with Crippen molar-refractivity contribution in [3.05, 3.63) is 27.7 Å². The largest absolute Gasteiger partial charge is 0.432 e. The highest BCUT2D eigenvalue weighted by Gasteiger charge is 2.05. The highest BCUT2D eigenvalue weighted by atomic mass is 127. The normalized spacial score (nSPS) is 10.8. The fourth-order valence-electron chi connectivity index (χ4n) is 1.14. The van der Waals surface area contributed by atoms with Crippen LogP contribution in [0.15, 0.2) is 22.6 Å². The van der Waals surface area contributed by atoms with Gasteiger partial charge in [-0.2, -0.15) is 0 Å². The van der Waals surface area contributed by atoms with Crippen LogP contribution < -0.4 is 5.73 Å². The summed E-state index contributed by atoms with van der Waals surface area (Å²) in [5, 5.41) is 0. The third-order valence-electron chi connectivity index (χ3n) is 1.70. The monoisotopic (exact) mass is 274 g/mol. The van der Waals surface area contributed by atoms with Crippen LogP contribution in [0.3, 0.4) is 0 Å². The Hall–Kier alpha value is -0.620. The molecule has 0 amide bonds. The number of nitrogens with zero attached hydrogens (tertiary/aromatic N) is 1. The molecule has 0 aliphatic heterocycles. The first-order chi connectivity index (χ1) is 5.81. The number of fused-ring (bicyclic) bond motifs is 1. The van der Waals surface area contributed by atoms with E-state index in [9.17, 15) is 0 Å². The van der Waals surface area contributed by atoms with Gasteiger partial charge in [0.1, 0.15) is 5.52 Å². The predicted molar refractivity (Wildman–Crippen MR) is 54.6 cm³/mol. The summed E-state index contributed by atoms with van der Waals surface area (Å²) in [6.07, 6.45) is 0. The Morgan fingerprint density at radius 3 is 3.08 bits per heavy atom. The standard InChI is InChI=1S/C8H7IN2O/c9-8-11-7-5(4-10)2-1-3-6(7)12-8/h1-3H,4,10H2. The van der Waals surface area contributed by atoms with Gasteiger partial charge in [-0.1, -0.05) is 12.1 Å². The molecule has 2 rings (SSSR count). The summed E-state index contributed by atoms with van der Waals surface area (Å²) in [5.74, 6) is 0. The molecule has 0 radical (unpaired) electrons. The second kappa shape index (κ2) is 3.02. The van der Waals surface area contributed by atoms with Gasteiger partial charge in [0.05, 0.1) is 0 Å². The average molecular weight is 274 g/mol. The van der Waals surface area contributed by atoms with Crippen molar-refractivity contribution in [2.45, 2.75) is 6.54 Å². The van der Waals surface area contributed by atoms with Crippen LogP contribution in [-0.2, 0) is 6.54 Å². The third kappa shape index (κ3) is 1.21. The van der Waals surface area contributed by atoms with Gasteiger partial charge in [0.2, 0.25) is 0 Å². The van der Waals surface area contributed by atoms with Crippen molar-refractivity contribution >= 4 is 33.7 Å². The van der Waals surface area contributed by atoms with Gasteiger partial charge in [-0.3, -0.25) is 0 Å². The first-order valence-electron chi connectivity index (χ1n) is 3.55. The minimum Gasteiger partial charge on any atom is -0.432 e. The van der Waals surface area contributed by atoms with Gasteiger partial charge >= 0.3 is 0 Å². The zero-order valence-corrected chi connectivity index (χ0v) is 8.41. The van der Waals surface area contributed by atoms with E-state index in [2.05, 4.69) is 4.98 Å². The van der Waals surface area contributed by atoms with E-state index in [1.807, 2.05) is 40.8 Å². The highest BCUT2D eigenvalue weighted by Crippen LogP contribution is 2.19. The molecule has 1 heterocycles. The fraction of sp³-hybridized carbons (Fsp3) is 0.125. The summed E-state index contributed by atoms with van der Waals surface area (Å²) in [6, 6.07) is 5.77. The number of benzene rings is 1. The lowest BCUT2D eigenvalue weighted by atomic mass is 10.2. The van der Waals surface area contributed by atoms with Crippen LogP contribution >= 0.6 is 22.6 Å². The Bertz CT molecular complexity index is 410. The molecule has 1 aromatic carbocycles. The molecule has 0 spiro atoms. The summed E-state index contributed by atoms with van der Waals surface area (Å²) in [7, 11) is 0. The summed E-state index contributed by atoms with van der Waals surface area (Å²) >= 11 is 2.05. The zero-order valence-electron chi connectivity index (χ0n) is 6.25. The maximum Gasteiger partial charge on any atom is 0.258 e. The van der Waals surface area contributed by atoms with E-state index >= 15 is 0 Å². The summed E-state index contributed by atoms with van der Waals surface area (Å²) < 4.78 is 5.99. The number of halogens is 1. The number of oxazole rings is 1. The number of hydrogen-bond acceptors (Lipinski definition) is 3. The van der Waals surface area contributed by atoms with Crippen LogP contribution in [0.4, 0.5) is 0 Å². The lowest BCUT2D eigenvalue weighted by Gasteiger charge is -1.93. The Morgan fingerprint density at radius 1 is 1.50 bits per heavy atom. The van der Waals surface area contributed by atoms with Gasteiger partial charge in [-0.25, -0.2) is 4.98 Å². The zero-order chi connectivity index (χ0) is 8.55. The third-order valence-corrected chi connectivity index (χ3v) is 2.16. The number of nitrogens with two attached hydrogens (primary N) is 1. The lowest BCUT2D eigenvalue weighted by Crippen LogP contribution is -1.96. The van der Waals surface area contributed by atoms with Crippen LogP contribution in [-0.4, -0.2) is 4.98 Å². The van der Waals surface area contributed by atoms with Crippen LogP contribution in [0.25, 0.3) is 11.1 Å². The van der Waals surface area contributed by atoms with Crippen LogP contribution in [0.1, 0.15) is 5.56 Å². The smallest absolute Gasteiger partial charge is 0.258 e. The fourth-order valence-corrected chi connectivity index (χ4v) is 1.62. The highest BCUT2D eigenvalue weighted by molar-refractivity contribution is 14.1. The maximum absolute atomic E-state index is 5.54. The minimum atomic E-state index is 0.500. The van der Waals surface area contributed by atoms with Gasteiger partial charge in [-0.05, 0) is 11.6 Å². The van der Waals surface area contributed by atoms with E-state index in [4.69, 9.17) is 10.2 Å². The van der Waals surface area contributed by atoms with Gasteiger partial charge in [0, 0.05) is 29.1 Å². The Morgan fingerprint density at radius 2 is 2.33 bits per heavy atom. The molecule has 0 unspecified atom stereocenters. The van der Waals surface area contributed by atoms with Crippen molar-refractivity contribution in [1.82, 2.24) is 4.98 Å². The first-order valence-corrected chi connectivity index (χ1v) is 4.63.